The van der Waals surface area contributed by atoms with Gasteiger partial charge in [0.15, 0.2) is 0 Å². The third-order valence-corrected chi connectivity index (χ3v) is 1.27. The smallest absolute Gasteiger partial charge is 0.303 e. The summed E-state index contributed by atoms with van der Waals surface area (Å²) < 4.78 is 0. The first-order chi connectivity index (χ1) is 4.52. The first-order valence-electron chi connectivity index (χ1n) is 3.42. The van der Waals surface area contributed by atoms with Crippen molar-refractivity contribution in [3.8, 4) is 0 Å². The number of hydrogen-bond donors (Lipinski definition) is 2. The fraction of sp³-hybridized carbons (Fsp3) is 0.857. The number of carbonyl (C=O) groups is 1. The van der Waals surface area contributed by atoms with Crippen molar-refractivity contribution in [2.24, 2.45) is 5.92 Å². The van der Waals surface area contributed by atoms with Gasteiger partial charge in [-0.1, -0.05) is 6.92 Å². The molecular formula is C7H14O3. The summed E-state index contributed by atoms with van der Waals surface area (Å²) in [6, 6.07) is 0. The van der Waals surface area contributed by atoms with Crippen LogP contribution in [0.3, 0.4) is 0 Å². The maximum Gasteiger partial charge on any atom is 0.303 e. The van der Waals surface area contributed by atoms with Crippen LogP contribution in [0.15, 0.2) is 0 Å². The van der Waals surface area contributed by atoms with Gasteiger partial charge in [0.1, 0.15) is 0 Å². The second-order valence-corrected chi connectivity index (χ2v) is 2.79. The van der Waals surface area contributed by atoms with Gasteiger partial charge in [0.05, 0.1) is 6.10 Å². The van der Waals surface area contributed by atoms with Crippen LogP contribution in [0, 0.1) is 5.92 Å². The normalized spacial score (nSPS) is 16.3. The molecule has 2 atom stereocenters. The van der Waals surface area contributed by atoms with E-state index in [-0.39, 0.29) is 12.3 Å². The van der Waals surface area contributed by atoms with E-state index in [2.05, 4.69) is 0 Å². The standard InChI is InChI=1S/C7H14O3/c1-5(3-6(2)8)4-7(9)10/h5-6,8H,3-4H2,1-2H3,(H,9,10)/t5-,6?/m0/s1. The molecular weight excluding hydrogens is 132 g/mol. The van der Waals surface area contributed by atoms with E-state index in [4.69, 9.17) is 10.2 Å². The maximum atomic E-state index is 10.1. The fourth-order valence-electron chi connectivity index (χ4n) is 0.964. The molecule has 1 unspecified atom stereocenters. The molecule has 0 heterocycles. The molecule has 3 nitrogen and oxygen atoms in total. The van der Waals surface area contributed by atoms with Crippen molar-refractivity contribution in [1.82, 2.24) is 0 Å². The largest absolute Gasteiger partial charge is 0.481 e. The Balaban J connectivity index is 3.43. The first kappa shape index (κ1) is 9.43. The highest BCUT2D eigenvalue weighted by molar-refractivity contribution is 5.66. The Bertz CT molecular complexity index is 109. The van der Waals surface area contributed by atoms with E-state index in [0.29, 0.717) is 6.42 Å². The molecule has 0 fully saturated rings. The molecule has 3 heteroatoms. The molecule has 0 rings (SSSR count). The van der Waals surface area contributed by atoms with Crippen LogP contribution >= 0.6 is 0 Å². The third kappa shape index (κ3) is 5.56. The summed E-state index contributed by atoms with van der Waals surface area (Å²) in [4.78, 5) is 10.1. The lowest BCUT2D eigenvalue weighted by atomic mass is 10.0. The van der Waals surface area contributed by atoms with Gasteiger partial charge in [0, 0.05) is 6.42 Å². The quantitative estimate of drug-likeness (QED) is 0.618. The van der Waals surface area contributed by atoms with E-state index >= 15 is 0 Å². The molecule has 60 valence electrons. The van der Waals surface area contributed by atoms with E-state index in [1.54, 1.807) is 6.92 Å². The van der Waals surface area contributed by atoms with Crippen LogP contribution in [0.25, 0.3) is 0 Å². The van der Waals surface area contributed by atoms with Crippen molar-refractivity contribution in [2.75, 3.05) is 0 Å². The van der Waals surface area contributed by atoms with Gasteiger partial charge in [0.2, 0.25) is 0 Å². The van der Waals surface area contributed by atoms with Gasteiger partial charge in [-0.3, -0.25) is 4.79 Å². The van der Waals surface area contributed by atoms with Crippen LogP contribution < -0.4 is 0 Å². The summed E-state index contributed by atoms with van der Waals surface area (Å²) in [5.41, 5.74) is 0. The number of carboxylic acid groups (broad SMARTS) is 1. The van der Waals surface area contributed by atoms with Gasteiger partial charge < -0.3 is 10.2 Å². The zero-order valence-corrected chi connectivity index (χ0v) is 6.37. The van der Waals surface area contributed by atoms with Crippen LogP contribution in [0.2, 0.25) is 0 Å². The molecule has 0 aromatic rings. The van der Waals surface area contributed by atoms with Crippen LogP contribution in [-0.2, 0) is 4.79 Å². The lowest BCUT2D eigenvalue weighted by Gasteiger charge is -2.09. The minimum Gasteiger partial charge on any atom is -0.481 e. The molecule has 10 heavy (non-hydrogen) atoms. The van der Waals surface area contributed by atoms with E-state index in [1.807, 2.05) is 6.92 Å². The second-order valence-electron chi connectivity index (χ2n) is 2.79. The first-order valence-corrected chi connectivity index (χ1v) is 3.42. The maximum absolute atomic E-state index is 10.1. The number of aliphatic hydroxyl groups excluding tert-OH is 1. The van der Waals surface area contributed by atoms with E-state index in [1.165, 1.54) is 0 Å². The van der Waals surface area contributed by atoms with Crippen LogP contribution in [0.1, 0.15) is 26.7 Å². The average Bonchev–Trinajstić information content (AvgIpc) is 1.58. The minimum absolute atomic E-state index is 0.0671. The van der Waals surface area contributed by atoms with Gasteiger partial charge in [-0.25, -0.2) is 0 Å². The SMILES string of the molecule is CC(O)C[C@H](C)CC(=O)O. The molecule has 0 spiro atoms. The Morgan fingerprint density at radius 1 is 1.50 bits per heavy atom. The number of aliphatic hydroxyl groups is 1. The highest BCUT2D eigenvalue weighted by Gasteiger charge is 2.09. The zero-order valence-electron chi connectivity index (χ0n) is 6.37. The van der Waals surface area contributed by atoms with Crippen molar-refractivity contribution in [2.45, 2.75) is 32.8 Å². The monoisotopic (exact) mass is 146 g/mol. The molecule has 0 saturated heterocycles. The molecule has 0 aromatic carbocycles. The van der Waals surface area contributed by atoms with Crippen molar-refractivity contribution in [3.63, 3.8) is 0 Å². The van der Waals surface area contributed by atoms with Gasteiger partial charge >= 0.3 is 5.97 Å². The third-order valence-electron chi connectivity index (χ3n) is 1.27. The summed E-state index contributed by atoms with van der Waals surface area (Å²) in [5, 5.41) is 17.2. The molecule has 0 aliphatic heterocycles. The van der Waals surface area contributed by atoms with E-state index < -0.39 is 12.1 Å². The number of carboxylic acids is 1. The highest BCUT2D eigenvalue weighted by Crippen LogP contribution is 2.09. The summed E-state index contributed by atoms with van der Waals surface area (Å²) in [6.45, 7) is 3.49. The van der Waals surface area contributed by atoms with Gasteiger partial charge in [-0.05, 0) is 19.3 Å². The van der Waals surface area contributed by atoms with E-state index in [9.17, 15) is 4.79 Å². The van der Waals surface area contributed by atoms with Gasteiger partial charge in [-0.2, -0.15) is 0 Å². The average molecular weight is 146 g/mol. The second kappa shape index (κ2) is 4.28. The van der Waals surface area contributed by atoms with Crippen molar-refractivity contribution < 1.29 is 15.0 Å². The number of rotatable bonds is 4. The lowest BCUT2D eigenvalue weighted by Crippen LogP contribution is -2.10. The Kier molecular flexibility index (Phi) is 4.03. The highest BCUT2D eigenvalue weighted by atomic mass is 16.4. The van der Waals surface area contributed by atoms with Crippen LogP contribution in [-0.4, -0.2) is 22.3 Å². The zero-order chi connectivity index (χ0) is 8.15. The van der Waals surface area contributed by atoms with Crippen molar-refractivity contribution in [3.05, 3.63) is 0 Å². The molecule has 2 N–H and O–H groups in total. The van der Waals surface area contributed by atoms with Gasteiger partial charge in [-0.15, -0.1) is 0 Å². The summed E-state index contributed by atoms with van der Waals surface area (Å²) in [5.74, 6) is -0.731. The van der Waals surface area contributed by atoms with E-state index in [0.717, 1.165) is 0 Å². The van der Waals surface area contributed by atoms with Crippen molar-refractivity contribution in [1.29, 1.82) is 0 Å². The summed E-state index contributed by atoms with van der Waals surface area (Å²) in [6.07, 6.45) is 0.311. The Hall–Kier alpha value is -0.570. The van der Waals surface area contributed by atoms with Crippen LogP contribution in [0.5, 0.6) is 0 Å². The molecule has 0 aliphatic rings. The Morgan fingerprint density at radius 2 is 2.00 bits per heavy atom. The summed E-state index contributed by atoms with van der Waals surface area (Å²) in [7, 11) is 0. The van der Waals surface area contributed by atoms with Crippen LogP contribution in [0.4, 0.5) is 0 Å². The summed E-state index contributed by atoms with van der Waals surface area (Å²) >= 11 is 0. The molecule has 0 saturated carbocycles. The molecule has 0 amide bonds. The Labute approximate surface area is 60.7 Å². The Morgan fingerprint density at radius 3 is 2.30 bits per heavy atom. The minimum atomic E-state index is -0.798. The van der Waals surface area contributed by atoms with Crippen molar-refractivity contribution >= 4 is 5.97 Å². The van der Waals surface area contributed by atoms with Gasteiger partial charge in [0.25, 0.3) is 0 Å². The lowest BCUT2D eigenvalue weighted by molar-refractivity contribution is -0.138. The fourth-order valence-corrected chi connectivity index (χ4v) is 0.964. The molecule has 0 aromatic heterocycles. The predicted octanol–water partition coefficient (Wildman–Crippen LogP) is 0.868. The predicted molar refractivity (Wildman–Crippen MR) is 37.7 cm³/mol. The molecule has 0 aliphatic carbocycles. The molecule has 0 radical (unpaired) electrons. The topological polar surface area (TPSA) is 57.5 Å². The number of hydrogen-bond acceptors (Lipinski definition) is 2. The molecule has 0 bridgehead atoms. The number of aliphatic carboxylic acids is 1.